The first kappa shape index (κ1) is 13.4. The van der Waals surface area contributed by atoms with Gasteiger partial charge < -0.3 is 4.74 Å². The van der Waals surface area contributed by atoms with E-state index in [0.717, 1.165) is 31.2 Å². The van der Waals surface area contributed by atoms with Crippen LogP contribution in [-0.2, 0) is 4.74 Å². The zero-order valence-corrected chi connectivity index (χ0v) is 12.0. The number of carbonyl (C=O) groups excluding carboxylic acids is 1. The van der Waals surface area contributed by atoms with Gasteiger partial charge in [-0.1, -0.05) is 25.1 Å². The number of carbonyl (C=O) groups is 1. The van der Waals surface area contributed by atoms with Gasteiger partial charge in [-0.25, -0.2) is 4.79 Å². The minimum Gasteiger partial charge on any atom is -0.443 e. The van der Waals surface area contributed by atoms with Crippen molar-refractivity contribution in [1.29, 1.82) is 0 Å². The van der Waals surface area contributed by atoms with Crippen LogP contribution in [-0.4, -0.2) is 43.3 Å². The summed E-state index contributed by atoms with van der Waals surface area (Å²) in [7, 11) is 0. The number of anilines is 1. The van der Waals surface area contributed by atoms with E-state index in [9.17, 15) is 4.79 Å². The van der Waals surface area contributed by atoms with Gasteiger partial charge >= 0.3 is 6.09 Å². The SMILES string of the molecule is C[C@H]1CCCN(C[C@H]2CN(c3ccccc3)C(=O)O2)C1. The summed E-state index contributed by atoms with van der Waals surface area (Å²) in [5.41, 5.74) is 0.923. The Hall–Kier alpha value is -1.55. The quantitative estimate of drug-likeness (QED) is 0.849. The molecule has 0 aromatic heterocycles. The third kappa shape index (κ3) is 2.96. The smallest absolute Gasteiger partial charge is 0.414 e. The number of amides is 1. The predicted octanol–water partition coefficient (Wildman–Crippen LogP) is 2.74. The van der Waals surface area contributed by atoms with E-state index in [1.807, 2.05) is 30.3 Å². The van der Waals surface area contributed by atoms with Crippen LogP contribution in [0.25, 0.3) is 0 Å². The topological polar surface area (TPSA) is 32.8 Å². The lowest BCUT2D eigenvalue weighted by Gasteiger charge is -2.31. The summed E-state index contributed by atoms with van der Waals surface area (Å²) >= 11 is 0. The lowest BCUT2D eigenvalue weighted by atomic mass is 10.00. The molecule has 0 bridgehead atoms. The van der Waals surface area contributed by atoms with Crippen LogP contribution < -0.4 is 4.90 Å². The molecule has 1 amide bonds. The van der Waals surface area contributed by atoms with Crippen LogP contribution in [0.15, 0.2) is 30.3 Å². The van der Waals surface area contributed by atoms with Crippen molar-refractivity contribution in [3.8, 4) is 0 Å². The van der Waals surface area contributed by atoms with E-state index in [4.69, 9.17) is 4.74 Å². The van der Waals surface area contributed by atoms with Crippen LogP contribution in [0, 0.1) is 5.92 Å². The number of cyclic esters (lactones) is 1. The fourth-order valence-electron chi connectivity index (χ4n) is 3.18. The Morgan fingerprint density at radius 3 is 2.80 bits per heavy atom. The van der Waals surface area contributed by atoms with Crippen LogP contribution >= 0.6 is 0 Å². The lowest BCUT2D eigenvalue weighted by Crippen LogP contribution is -2.40. The van der Waals surface area contributed by atoms with Crippen molar-refractivity contribution in [2.75, 3.05) is 31.1 Å². The summed E-state index contributed by atoms with van der Waals surface area (Å²) in [6, 6.07) is 9.75. The van der Waals surface area contributed by atoms with Crippen LogP contribution in [0.4, 0.5) is 10.5 Å². The summed E-state index contributed by atoms with van der Waals surface area (Å²) in [6.45, 7) is 6.07. The molecule has 1 aromatic carbocycles. The lowest BCUT2D eigenvalue weighted by molar-refractivity contribution is 0.0901. The largest absolute Gasteiger partial charge is 0.443 e. The molecule has 2 heterocycles. The van der Waals surface area contributed by atoms with Crippen molar-refractivity contribution in [3.05, 3.63) is 30.3 Å². The zero-order valence-electron chi connectivity index (χ0n) is 12.0. The van der Waals surface area contributed by atoms with Crippen LogP contribution in [0.1, 0.15) is 19.8 Å². The van der Waals surface area contributed by atoms with E-state index in [1.165, 1.54) is 12.8 Å². The summed E-state index contributed by atoms with van der Waals surface area (Å²) in [6.07, 6.45) is 2.35. The molecule has 4 heteroatoms. The maximum atomic E-state index is 12.0. The Bertz CT molecular complexity index is 463. The van der Waals surface area contributed by atoms with Crippen molar-refractivity contribution >= 4 is 11.8 Å². The Balaban J connectivity index is 1.59. The van der Waals surface area contributed by atoms with Crippen LogP contribution in [0.5, 0.6) is 0 Å². The number of hydrogen-bond acceptors (Lipinski definition) is 3. The Morgan fingerprint density at radius 1 is 1.25 bits per heavy atom. The molecule has 0 saturated carbocycles. The molecular weight excluding hydrogens is 252 g/mol. The second kappa shape index (κ2) is 5.83. The van der Waals surface area contributed by atoms with Gasteiger partial charge in [-0.15, -0.1) is 0 Å². The highest BCUT2D eigenvalue weighted by molar-refractivity contribution is 5.89. The molecular formula is C16H22N2O2. The van der Waals surface area contributed by atoms with Crippen molar-refractivity contribution < 1.29 is 9.53 Å². The van der Waals surface area contributed by atoms with Gasteiger partial charge in [0.15, 0.2) is 0 Å². The molecule has 0 radical (unpaired) electrons. The van der Waals surface area contributed by atoms with Crippen molar-refractivity contribution in [2.45, 2.75) is 25.9 Å². The molecule has 0 aliphatic carbocycles. The van der Waals surface area contributed by atoms with Crippen LogP contribution in [0.2, 0.25) is 0 Å². The van der Waals surface area contributed by atoms with Gasteiger partial charge in [0.05, 0.1) is 6.54 Å². The van der Waals surface area contributed by atoms with Crippen molar-refractivity contribution in [3.63, 3.8) is 0 Å². The second-order valence-electron chi connectivity index (χ2n) is 5.96. The maximum absolute atomic E-state index is 12.0. The number of hydrogen-bond donors (Lipinski definition) is 0. The van der Waals surface area contributed by atoms with E-state index in [2.05, 4.69) is 11.8 Å². The number of rotatable bonds is 3. The summed E-state index contributed by atoms with van der Waals surface area (Å²) in [5, 5.41) is 0. The Kier molecular flexibility index (Phi) is 3.92. The number of para-hydroxylation sites is 1. The van der Waals surface area contributed by atoms with Gasteiger partial charge in [0.25, 0.3) is 0 Å². The monoisotopic (exact) mass is 274 g/mol. The minimum absolute atomic E-state index is 0.00648. The van der Waals surface area contributed by atoms with Gasteiger partial charge in [0.1, 0.15) is 6.10 Å². The molecule has 0 spiro atoms. The molecule has 108 valence electrons. The third-order valence-corrected chi connectivity index (χ3v) is 4.14. The van der Waals surface area contributed by atoms with E-state index in [1.54, 1.807) is 4.90 Å². The number of nitrogens with zero attached hydrogens (tertiary/aromatic N) is 2. The first-order valence-corrected chi connectivity index (χ1v) is 7.48. The Morgan fingerprint density at radius 2 is 2.05 bits per heavy atom. The minimum atomic E-state index is -0.216. The van der Waals surface area contributed by atoms with E-state index in [0.29, 0.717) is 6.54 Å². The third-order valence-electron chi connectivity index (χ3n) is 4.14. The fraction of sp³-hybridized carbons (Fsp3) is 0.562. The highest BCUT2D eigenvalue weighted by atomic mass is 16.6. The maximum Gasteiger partial charge on any atom is 0.414 e. The molecule has 2 aliphatic heterocycles. The van der Waals surface area contributed by atoms with Gasteiger partial charge in [-0.3, -0.25) is 9.80 Å². The summed E-state index contributed by atoms with van der Waals surface area (Å²) in [4.78, 5) is 16.1. The summed E-state index contributed by atoms with van der Waals surface area (Å²) < 4.78 is 5.51. The first-order chi connectivity index (χ1) is 9.72. The van der Waals surface area contributed by atoms with Gasteiger partial charge in [-0.05, 0) is 37.4 Å². The molecule has 0 unspecified atom stereocenters. The average molecular weight is 274 g/mol. The average Bonchev–Trinajstić information content (AvgIpc) is 2.80. The summed E-state index contributed by atoms with van der Waals surface area (Å²) in [5.74, 6) is 0.756. The van der Waals surface area contributed by atoms with Crippen LogP contribution in [0.3, 0.4) is 0 Å². The Labute approximate surface area is 120 Å². The first-order valence-electron chi connectivity index (χ1n) is 7.48. The van der Waals surface area contributed by atoms with E-state index < -0.39 is 0 Å². The highest BCUT2D eigenvalue weighted by Gasteiger charge is 2.33. The van der Waals surface area contributed by atoms with Crippen molar-refractivity contribution in [2.24, 2.45) is 5.92 Å². The van der Waals surface area contributed by atoms with Gasteiger partial charge in [0, 0.05) is 18.8 Å². The normalized spacial score (nSPS) is 27.6. The number of ether oxygens (including phenoxy) is 1. The molecule has 2 fully saturated rings. The molecule has 1 aromatic rings. The number of piperidine rings is 1. The van der Waals surface area contributed by atoms with E-state index >= 15 is 0 Å². The zero-order chi connectivity index (χ0) is 13.9. The van der Waals surface area contributed by atoms with Crippen molar-refractivity contribution in [1.82, 2.24) is 4.90 Å². The molecule has 2 saturated heterocycles. The molecule has 2 atom stereocenters. The second-order valence-corrected chi connectivity index (χ2v) is 5.96. The molecule has 4 nitrogen and oxygen atoms in total. The number of benzene rings is 1. The molecule has 3 rings (SSSR count). The number of likely N-dealkylation sites (tertiary alicyclic amines) is 1. The molecule has 20 heavy (non-hydrogen) atoms. The highest BCUT2D eigenvalue weighted by Crippen LogP contribution is 2.23. The predicted molar refractivity (Wildman–Crippen MR) is 78.9 cm³/mol. The molecule has 2 aliphatic rings. The molecule has 0 N–H and O–H groups in total. The standard InChI is InChI=1S/C16H22N2O2/c1-13-6-5-9-17(10-13)11-15-12-18(16(19)20-15)14-7-3-2-4-8-14/h2-4,7-8,13,15H,5-6,9-12H2,1H3/t13-,15-/m0/s1. The van der Waals surface area contributed by atoms with Gasteiger partial charge in [-0.2, -0.15) is 0 Å². The van der Waals surface area contributed by atoms with E-state index in [-0.39, 0.29) is 12.2 Å². The fourth-order valence-corrected chi connectivity index (χ4v) is 3.18. The van der Waals surface area contributed by atoms with Gasteiger partial charge in [0.2, 0.25) is 0 Å².